The minimum absolute atomic E-state index is 0.0546. The van der Waals surface area contributed by atoms with E-state index in [1.54, 1.807) is 12.1 Å². The summed E-state index contributed by atoms with van der Waals surface area (Å²) in [4.78, 5) is 11.2. The van der Waals surface area contributed by atoms with Gasteiger partial charge in [0.05, 0.1) is 0 Å². The molecule has 2 aromatic carbocycles. The molecule has 0 atom stereocenters. The lowest BCUT2D eigenvalue weighted by molar-refractivity contribution is -0.116. The third kappa shape index (κ3) is 5.38. The zero-order valence-corrected chi connectivity index (χ0v) is 18.2. The molecule has 3 rings (SSSR count). The summed E-state index contributed by atoms with van der Waals surface area (Å²) in [6.07, 6.45) is 3.65. The summed E-state index contributed by atoms with van der Waals surface area (Å²) in [5.74, 6) is -3.82. The van der Waals surface area contributed by atoms with E-state index in [1.807, 2.05) is 12.1 Å². The van der Waals surface area contributed by atoms with Crippen LogP contribution in [0.25, 0.3) is 5.57 Å². The van der Waals surface area contributed by atoms with E-state index in [0.29, 0.717) is 11.4 Å². The predicted octanol–water partition coefficient (Wildman–Crippen LogP) is 7.71. The molecule has 166 valence electrons. The Morgan fingerprint density at radius 3 is 2.16 bits per heavy atom. The van der Waals surface area contributed by atoms with Crippen LogP contribution in [0.4, 0.5) is 17.6 Å². The van der Waals surface area contributed by atoms with E-state index in [-0.39, 0.29) is 30.6 Å². The molecule has 0 N–H and O–H groups in total. The Morgan fingerprint density at radius 2 is 1.52 bits per heavy atom. The SMILES string of the molecule is CC(=O)CCc1c(F)c(F)c(CCC2=C(c3ccc(Cl)cc3)CCCC2)c(F)c1CF. The van der Waals surface area contributed by atoms with Gasteiger partial charge in [-0.3, -0.25) is 0 Å². The molecule has 0 unspecified atom stereocenters. The number of rotatable bonds is 8. The number of halogens is 5. The van der Waals surface area contributed by atoms with Crippen LogP contribution in [0, 0.1) is 17.5 Å². The second-order valence-corrected chi connectivity index (χ2v) is 8.45. The lowest BCUT2D eigenvalue weighted by Crippen LogP contribution is -2.11. The molecule has 1 nitrogen and oxygen atoms in total. The lowest BCUT2D eigenvalue weighted by Gasteiger charge is -2.22. The van der Waals surface area contributed by atoms with Gasteiger partial charge in [0.25, 0.3) is 0 Å². The molecule has 2 aromatic rings. The van der Waals surface area contributed by atoms with Gasteiger partial charge in [0.15, 0.2) is 11.6 Å². The van der Waals surface area contributed by atoms with Crippen LogP contribution in [0.3, 0.4) is 0 Å². The number of carbonyl (C=O) groups excluding carboxylic acids is 1. The van der Waals surface area contributed by atoms with Gasteiger partial charge >= 0.3 is 0 Å². The first-order chi connectivity index (χ1) is 14.8. The number of hydrogen-bond acceptors (Lipinski definition) is 1. The summed E-state index contributed by atoms with van der Waals surface area (Å²) in [7, 11) is 0. The van der Waals surface area contributed by atoms with Crippen LogP contribution in [-0.4, -0.2) is 5.78 Å². The standard InChI is InChI=1S/C25H25ClF4O/c1-15(31)6-12-20-22(14-27)23(28)21(25(30)24(20)29)13-9-16-4-2-3-5-19(16)17-7-10-18(26)11-8-17/h7-8,10-11H,2-6,9,12-14H2,1H3. The molecule has 0 amide bonds. The van der Waals surface area contributed by atoms with Gasteiger partial charge in [0, 0.05) is 28.1 Å². The van der Waals surface area contributed by atoms with Gasteiger partial charge in [0.2, 0.25) is 0 Å². The van der Waals surface area contributed by atoms with Crippen LogP contribution in [0.2, 0.25) is 5.02 Å². The van der Waals surface area contributed by atoms with E-state index in [4.69, 9.17) is 11.6 Å². The van der Waals surface area contributed by atoms with Crippen molar-refractivity contribution in [2.75, 3.05) is 0 Å². The molecule has 1 aliphatic rings. The molecule has 0 bridgehead atoms. The number of hydrogen-bond donors (Lipinski definition) is 0. The van der Waals surface area contributed by atoms with E-state index in [9.17, 15) is 22.4 Å². The quantitative estimate of drug-likeness (QED) is 0.296. The van der Waals surface area contributed by atoms with Crippen LogP contribution in [-0.2, 0) is 24.3 Å². The highest BCUT2D eigenvalue weighted by molar-refractivity contribution is 6.30. The lowest BCUT2D eigenvalue weighted by atomic mass is 9.84. The van der Waals surface area contributed by atoms with Crippen molar-refractivity contribution in [2.45, 2.75) is 65.0 Å². The number of allylic oxidation sites excluding steroid dienone is 2. The fraction of sp³-hybridized carbons (Fsp3) is 0.400. The Labute approximate surface area is 185 Å². The zero-order chi connectivity index (χ0) is 22.5. The first-order valence-corrected chi connectivity index (χ1v) is 10.9. The van der Waals surface area contributed by atoms with Crippen molar-refractivity contribution in [3.63, 3.8) is 0 Å². The zero-order valence-electron chi connectivity index (χ0n) is 17.5. The van der Waals surface area contributed by atoms with Crippen molar-refractivity contribution in [1.29, 1.82) is 0 Å². The predicted molar refractivity (Wildman–Crippen MR) is 115 cm³/mol. The summed E-state index contributed by atoms with van der Waals surface area (Å²) in [5, 5.41) is 0.630. The maximum absolute atomic E-state index is 15.0. The molecule has 0 radical (unpaired) electrons. The average Bonchev–Trinajstić information content (AvgIpc) is 2.76. The molecule has 0 saturated carbocycles. The van der Waals surface area contributed by atoms with Crippen LogP contribution in [0.5, 0.6) is 0 Å². The van der Waals surface area contributed by atoms with Gasteiger partial charge in [-0.1, -0.05) is 29.3 Å². The number of Topliss-reactive ketones (excluding diaryl/α,β-unsaturated/α-hetero) is 1. The van der Waals surface area contributed by atoms with Crippen molar-refractivity contribution in [1.82, 2.24) is 0 Å². The van der Waals surface area contributed by atoms with Gasteiger partial charge < -0.3 is 4.79 Å². The number of benzene rings is 2. The van der Waals surface area contributed by atoms with E-state index < -0.39 is 35.3 Å². The Bertz CT molecular complexity index is 996. The molecule has 0 aromatic heterocycles. The Hall–Kier alpha value is -2.14. The van der Waals surface area contributed by atoms with E-state index in [1.165, 1.54) is 6.92 Å². The molecule has 0 saturated heterocycles. The van der Waals surface area contributed by atoms with Gasteiger partial charge in [-0.25, -0.2) is 17.6 Å². The minimum atomic E-state index is -1.28. The van der Waals surface area contributed by atoms with Gasteiger partial charge in [-0.15, -0.1) is 0 Å². The summed E-state index contributed by atoms with van der Waals surface area (Å²) < 4.78 is 57.9. The Morgan fingerprint density at radius 1 is 0.871 bits per heavy atom. The van der Waals surface area contributed by atoms with Crippen LogP contribution < -0.4 is 0 Å². The number of carbonyl (C=O) groups is 1. The summed E-state index contributed by atoms with van der Waals surface area (Å²) in [5.41, 5.74) is 1.95. The molecule has 1 aliphatic carbocycles. The highest BCUT2D eigenvalue weighted by Gasteiger charge is 2.25. The summed E-state index contributed by atoms with van der Waals surface area (Å²) in [6.45, 7) is 0.0479. The van der Waals surface area contributed by atoms with E-state index in [0.717, 1.165) is 42.4 Å². The van der Waals surface area contributed by atoms with E-state index >= 15 is 0 Å². The first kappa shape index (κ1) is 23.5. The molecular weight excluding hydrogens is 428 g/mol. The monoisotopic (exact) mass is 452 g/mol. The highest BCUT2D eigenvalue weighted by Crippen LogP contribution is 2.36. The normalized spacial score (nSPS) is 14.3. The summed E-state index contributed by atoms with van der Waals surface area (Å²) >= 11 is 5.97. The molecule has 6 heteroatoms. The van der Waals surface area contributed by atoms with Crippen LogP contribution in [0.15, 0.2) is 29.8 Å². The van der Waals surface area contributed by atoms with E-state index in [2.05, 4.69) is 0 Å². The largest absolute Gasteiger partial charge is 0.300 e. The maximum Gasteiger partial charge on any atom is 0.165 e. The van der Waals surface area contributed by atoms with Crippen molar-refractivity contribution in [3.05, 3.63) is 74.6 Å². The topological polar surface area (TPSA) is 17.1 Å². The molecule has 0 heterocycles. The molecular formula is C25H25ClF4O. The van der Waals surface area contributed by atoms with Crippen molar-refractivity contribution in [2.24, 2.45) is 0 Å². The molecule has 0 fully saturated rings. The fourth-order valence-corrected chi connectivity index (χ4v) is 4.37. The van der Waals surface area contributed by atoms with Crippen molar-refractivity contribution in [3.8, 4) is 0 Å². The third-order valence-corrected chi connectivity index (χ3v) is 6.18. The number of ketones is 1. The fourth-order valence-electron chi connectivity index (χ4n) is 4.25. The average molecular weight is 453 g/mol. The third-order valence-electron chi connectivity index (χ3n) is 5.93. The maximum atomic E-state index is 15.0. The Kier molecular flexibility index (Phi) is 7.93. The number of alkyl halides is 1. The second-order valence-electron chi connectivity index (χ2n) is 8.01. The van der Waals surface area contributed by atoms with Crippen molar-refractivity contribution >= 4 is 23.0 Å². The smallest absolute Gasteiger partial charge is 0.165 e. The van der Waals surface area contributed by atoms with Crippen molar-refractivity contribution < 1.29 is 22.4 Å². The van der Waals surface area contributed by atoms with Gasteiger partial charge in [-0.05, 0) is 75.1 Å². The molecule has 0 aliphatic heterocycles. The Balaban J connectivity index is 1.92. The molecule has 31 heavy (non-hydrogen) atoms. The van der Waals surface area contributed by atoms with Gasteiger partial charge in [-0.2, -0.15) is 0 Å². The molecule has 0 spiro atoms. The van der Waals surface area contributed by atoms with Gasteiger partial charge in [0.1, 0.15) is 18.3 Å². The highest BCUT2D eigenvalue weighted by atomic mass is 35.5. The second kappa shape index (κ2) is 10.4. The minimum Gasteiger partial charge on any atom is -0.300 e. The first-order valence-electron chi connectivity index (χ1n) is 10.5. The summed E-state index contributed by atoms with van der Waals surface area (Å²) in [6, 6.07) is 7.46. The van der Waals surface area contributed by atoms with Crippen LogP contribution in [0.1, 0.15) is 67.7 Å². The van der Waals surface area contributed by atoms with Crippen LogP contribution >= 0.6 is 11.6 Å².